The highest BCUT2D eigenvalue weighted by molar-refractivity contribution is 5.99. The number of benzene rings is 2. The Labute approximate surface area is 121 Å². The van der Waals surface area contributed by atoms with Crippen molar-refractivity contribution in [3.8, 4) is 5.75 Å². The Bertz CT molecular complexity index is 684. The Hall–Kier alpha value is -2.82. The molecular formula is C16H13NO4. The summed E-state index contributed by atoms with van der Waals surface area (Å²) in [6, 6.07) is 14.8. The highest BCUT2D eigenvalue weighted by Gasteiger charge is 2.39. The van der Waals surface area contributed by atoms with Gasteiger partial charge in [-0.25, -0.2) is 9.59 Å². The molecule has 21 heavy (non-hydrogen) atoms. The number of nitrogens with zero attached hydrogens (tertiary/aromatic N) is 1. The first-order valence-corrected chi connectivity index (χ1v) is 6.53. The molecule has 0 radical (unpaired) electrons. The fraction of sp³-hybridized carbons (Fsp3) is 0.125. The monoisotopic (exact) mass is 283 g/mol. The number of para-hydroxylation sites is 2. The van der Waals surface area contributed by atoms with E-state index in [2.05, 4.69) is 0 Å². The maximum atomic E-state index is 12.3. The van der Waals surface area contributed by atoms with Crippen LogP contribution in [0.1, 0.15) is 5.56 Å². The van der Waals surface area contributed by atoms with E-state index in [0.717, 1.165) is 5.56 Å². The van der Waals surface area contributed by atoms with Crippen LogP contribution in [-0.2, 0) is 11.2 Å². The van der Waals surface area contributed by atoms with Gasteiger partial charge in [0.15, 0.2) is 0 Å². The first kappa shape index (κ1) is 13.2. The van der Waals surface area contributed by atoms with Crippen LogP contribution in [-0.4, -0.2) is 23.2 Å². The molecule has 5 nitrogen and oxygen atoms in total. The summed E-state index contributed by atoms with van der Waals surface area (Å²) in [6.07, 6.45) is -0.395. The number of amides is 1. The zero-order valence-electron chi connectivity index (χ0n) is 11.1. The van der Waals surface area contributed by atoms with Gasteiger partial charge in [-0.1, -0.05) is 36.4 Å². The lowest BCUT2D eigenvalue weighted by Gasteiger charge is -2.21. The topological polar surface area (TPSA) is 66.8 Å². The van der Waals surface area contributed by atoms with Gasteiger partial charge in [0.1, 0.15) is 11.8 Å². The van der Waals surface area contributed by atoms with Crippen LogP contribution in [0.15, 0.2) is 54.6 Å². The van der Waals surface area contributed by atoms with E-state index in [1.807, 2.05) is 18.2 Å². The molecular weight excluding hydrogens is 270 g/mol. The van der Waals surface area contributed by atoms with Crippen molar-refractivity contribution in [2.24, 2.45) is 0 Å². The third kappa shape index (κ3) is 2.45. The SMILES string of the molecule is O=C(O)C1Cc2ccccc2N1C(=O)Oc1ccccc1. The summed E-state index contributed by atoms with van der Waals surface area (Å²) in [5.41, 5.74) is 1.42. The van der Waals surface area contributed by atoms with E-state index in [-0.39, 0.29) is 6.42 Å². The smallest absolute Gasteiger partial charge is 0.420 e. The number of hydrogen-bond donors (Lipinski definition) is 1. The van der Waals surface area contributed by atoms with Crippen LogP contribution in [0.5, 0.6) is 5.75 Å². The summed E-state index contributed by atoms with van der Waals surface area (Å²) in [5.74, 6) is -0.660. The summed E-state index contributed by atoms with van der Waals surface area (Å²) < 4.78 is 5.26. The molecule has 0 fully saturated rings. The van der Waals surface area contributed by atoms with Crippen molar-refractivity contribution in [3.05, 3.63) is 60.2 Å². The average molecular weight is 283 g/mol. The molecule has 1 unspecified atom stereocenters. The number of carbonyl (C=O) groups excluding carboxylic acids is 1. The summed E-state index contributed by atoms with van der Waals surface area (Å²) in [4.78, 5) is 24.9. The van der Waals surface area contributed by atoms with Crippen LogP contribution in [0, 0.1) is 0 Å². The minimum Gasteiger partial charge on any atom is -0.480 e. The van der Waals surface area contributed by atoms with Crippen molar-refractivity contribution >= 4 is 17.7 Å². The average Bonchev–Trinajstić information content (AvgIpc) is 2.88. The Morgan fingerprint density at radius 3 is 2.43 bits per heavy atom. The molecule has 3 rings (SSSR count). The number of rotatable bonds is 2. The summed E-state index contributed by atoms with van der Waals surface area (Å²) in [5, 5.41) is 9.32. The lowest BCUT2D eigenvalue weighted by Crippen LogP contribution is -2.44. The van der Waals surface area contributed by atoms with Crippen molar-refractivity contribution in [1.82, 2.24) is 0 Å². The number of carboxylic acid groups (broad SMARTS) is 1. The third-order valence-corrected chi connectivity index (χ3v) is 3.41. The molecule has 1 N–H and O–H groups in total. The predicted molar refractivity (Wildman–Crippen MR) is 76.5 cm³/mol. The van der Waals surface area contributed by atoms with Gasteiger partial charge in [0.25, 0.3) is 0 Å². The molecule has 2 aromatic carbocycles. The van der Waals surface area contributed by atoms with Gasteiger partial charge in [-0.3, -0.25) is 4.90 Å². The second-order valence-corrected chi connectivity index (χ2v) is 4.74. The van der Waals surface area contributed by atoms with Crippen molar-refractivity contribution in [1.29, 1.82) is 0 Å². The molecule has 5 heteroatoms. The number of carbonyl (C=O) groups is 2. The first-order chi connectivity index (χ1) is 10.2. The predicted octanol–water partition coefficient (Wildman–Crippen LogP) is 2.70. The zero-order valence-corrected chi connectivity index (χ0v) is 11.1. The molecule has 0 spiro atoms. The number of aliphatic carboxylic acids is 1. The highest BCUT2D eigenvalue weighted by Crippen LogP contribution is 2.32. The van der Waals surface area contributed by atoms with Crippen LogP contribution in [0.2, 0.25) is 0 Å². The lowest BCUT2D eigenvalue weighted by atomic mass is 10.1. The fourth-order valence-corrected chi connectivity index (χ4v) is 2.45. The Kier molecular flexibility index (Phi) is 3.31. The van der Waals surface area contributed by atoms with E-state index < -0.39 is 18.1 Å². The number of ether oxygens (including phenoxy) is 1. The van der Waals surface area contributed by atoms with Gasteiger partial charge >= 0.3 is 12.1 Å². The molecule has 2 aromatic rings. The number of carboxylic acids is 1. The second kappa shape index (κ2) is 5.28. The molecule has 1 amide bonds. The summed E-state index contributed by atoms with van der Waals surface area (Å²) >= 11 is 0. The molecule has 1 aliphatic heterocycles. The lowest BCUT2D eigenvalue weighted by molar-refractivity contribution is -0.138. The van der Waals surface area contributed by atoms with E-state index in [9.17, 15) is 14.7 Å². The van der Waals surface area contributed by atoms with Gasteiger partial charge in [0, 0.05) is 6.42 Å². The number of hydrogen-bond acceptors (Lipinski definition) is 3. The normalized spacial score (nSPS) is 16.4. The van der Waals surface area contributed by atoms with Crippen LogP contribution in [0.3, 0.4) is 0 Å². The fourth-order valence-electron chi connectivity index (χ4n) is 2.45. The van der Waals surface area contributed by atoms with Crippen LogP contribution < -0.4 is 9.64 Å². The van der Waals surface area contributed by atoms with Gasteiger partial charge in [-0.15, -0.1) is 0 Å². The molecule has 106 valence electrons. The Morgan fingerprint density at radius 2 is 1.71 bits per heavy atom. The number of fused-ring (bicyclic) bond motifs is 1. The van der Waals surface area contributed by atoms with Crippen molar-refractivity contribution < 1.29 is 19.4 Å². The van der Waals surface area contributed by atoms with Gasteiger partial charge in [-0.2, -0.15) is 0 Å². The van der Waals surface area contributed by atoms with Crippen LogP contribution in [0.4, 0.5) is 10.5 Å². The minimum atomic E-state index is -1.05. The number of anilines is 1. The highest BCUT2D eigenvalue weighted by atomic mass is 16.6. The molecule has 0 bridgehead atoms. The van der Waals surface area contributed by atoms with E-state index in [1.165, 1.54) is 4.90 Å². The minimum absolute atomic E-state index is 0.287. The maximum Gasteiger partial charge on any atom is 0.420 e. The van der Waals surface area contributed by atoms with Gasteiger partial charge in [0.05, 0.1) is 5.69 Å². The molecule has 0 saturated carbocycles. The van der Waals surface area contributed by atoms with Crippen molar-refractivity contribution in [2.45, 2.75) is 12.5 Å². The Morgan fingerprint density at radius 1 is 1.05 bits per heavy atom. The second-order valence-electron chi connectivity index (χ2n) is 4.74. The molecule has 1 heterocycles. The van der Waals surface area contributed by atoms with Gasteiger partial charge < -0.3 is 9.84 Å². The molecule has 1 aliphatic rings. The molecule has 0 saturated heterocycles. The van der Waals surface area contributed by atoms with Crippen LogP contribution in [0.25, 0.3) is 0 Å². The van der Waals surface area contributed by atoms with E-state index in [1.54, 1.807) is 36.4 Å². The van der Waals surface area contributed by atoms with E-state index >= 15 is 0 Å². The molecule has 1 atom stereocenters. The van der Waals surface area contributed by atoms with Crippen molar-refractivity contribution in [2.75, 3.05) is 4.90 Å². The zero-order chi connectivity index (χ0) is 14.8. The molecule has 0 aromatic heterocycles. The first-order valence-electron chi connectivity index (χ1n) is 6.53. The van der Waals surface area contributed by atoms with E-state index in [0.29, 0.717) is 11.4 Å². The third-order valence-electron chi connectivity index (χ3n) is 3.41. The van der Waals surface area contributed by atoms with Gasteiger partial charge in [0.2, 0.25) is 0 Å². The summed E-state index contributed by atoms with van der Waals surface area (Å²) in [7, 11) is 0. The quantitative estimate of drug-likeness (QED) is 0.920. The Balaban J connectivity index is 1.91. The largest absolute Gasteiger partial charge is 0.480 e. The van der Waals surface area contributed by atoms with Gasteiger partial charge in [-0.05, 0) is 23.8 Å². The summed E-state index contributed by atoms with van der Waals surface area (Å²) in [6.45, 7) is 0. The van der Waals surface area contributed by atoms with Crippen molar-refractivity contribution in [3.63, 3.8) is 0 Å². The van der Waals surface area contributed by atoms with E-state index in [4.69, 9.17) is 4.74 Å². The maximum absolute atomic E-state index is 12.3. The molecule has 0 aliphatic carbocycles. The van der Waals surface area contributed by atoms with Crippen LogP contribution >= 0.6 is 0 Å². The standard InChI is InChI=1S/C16H13NO4/c18-15(19)14-10-11-6-4-5-9-13(11)17(14)16(20)21-12-7-2-1-3-8-12/h1-9,14H,10H2,(H,18,19).